The van der Waals surface area contributed by atoms with Gasteiger partial charge in [-0.15, -0.1) is 0 Å². The van der Waals surface area contributed by atoms with E-state index in [-0.39, 0.29) is 10.8 Å². The Labute approximate surface area is 234 Å². The zero-order chi connectivity index (χ0) is 27.3. The van der Waals surface area contributed by atoms with Gasteiger partial charge in [0.2, 0.25) is 10.0 Å². The second-order valence-electron chi connectivity index (χ2n) is 9.28. The number of thioether (sulfide) groups is 1. The summed E-state index contributed by atoms with van der Waals surface area (Å²) >= 11 is 6.83. The molecule has 0 unspecified atom stereocenters. The molecule has 0 atom stereocenters. The SMILES string of the molecule is CCCCCCCN1C(=O)C(=Cc2cn(-c3ccccc3)nc2-c2cccc(S(=O)(=O)N(C)C)c2)SC1=S. The highest BCUT2D eigenvalue weighted by molar-refractivity contribution is 8.26. The first kappa shape index (κ1) is 28.2. The predicted octanol–water partition coefficient (Wildman–Crippen LogP) is 5.96. The highest BCUT2D eigenvalue weighted by Gasteiger charge is 2.32. The molecule has 1 aliphatic heterocycles. The van der Waals surface area contributed by atoms with Crippen LogP contribution < -0.4 is 0 Å². The van der Waals surface area contributed by atoms with Crippen LogP contribution in [0.3, 0.4) is 0 Å². The van der Waals surface area contributed by atoms with Crippen LogP contribution in [0.1, 0.15) is 44.6 Å². The lowest BCUT2D eigenvalue weighted by Gasteiger charge is -2.13. The van der Waals surface area contributed by atoms with E-state index in [1.165, 1.54) is 43.0 Å². The van der Waals surface area contributed by atoms with E-state index >= 15 is 0 Å². The van der Waals surface area contributed by atoms with Gasteiger partial charge in [-0.2, -0.15) is 5.10 Å². The van der Waals surface area contributed by atoms with Gasteiger partial charge in [0.1, 0.15) is 10.0 Å². The normalized spacial score (nSPS) is 15.3. The molecule has 0 saturated carbocycles. The fraction of sp³-hybridized carbons (Fsp3) is 0.321. The molecule has 1 aromatic heterocycles. The van der Waals surface area contributed by atoms with Gasteiger partial charge in [0.15, 0.2) is 0 Å². The first-order valence-electron chi connectivity index (χ1n) is 12.7. The van der Waals surface area contributed by atoms with E-state index < -0.39 is 10.0 Å². The smallest absolute Gasteiger partial charge is 0.266 e. The molecule has 0 N–H and O–H groups in total. The molecule has 1 fully saturated rings. The Balaban J connectivity index is 1.70. The van der Waals surface area contributed by atoms with Crippen molar-refractivity contribution < 1.29 is 13.2 Å². The monoisotopic (exact) mass is 568 g/mol. The van der Waals surface area contributed by atoms with Crippen molar-refractivity contribution in [1.82, 2.24) is 19.0 Å². The fourth-order valence-corrected chi connectivity index (χ4v) is 6.40. The van der Waals surface area contributed by atoms with E-state index in [1.807, 2.05) is 48.7 Å². The first-order chi connectivity index (χ1) is 18.2. The van der Waals surface area contributed by atoms with Gasteiger partial charge >= 0.3 is 0 Å². The summed E-state index contributed by atoms with van der Waals surface area (Å²) in [4.78, 5) is 15.7. The Bertz CT molecular complexity index is 1450. The largest absolute Gasteiger partial charge is 0.293 e. The summed E-state index contributed by atoms with van der Waals surface area (Å²) in [7, 11) is -0.618. The Kier molecular flexibility index (Phi) is 9.19. The minimum Gasteiger partial charge on any atom is -0.293 e. The number of thiocarbonyl (C=S) groups is 1. The van der Waals surface area contributed by atoms with Crippen LogP contribution >= 0.6 is 24.0 Å². The van der Waals surface area contributed by atoms with Crippen LogP contribution in [0.25, 0.3) is 23.0 Å². The van der Waals surface area contributed by atoms with Crippen molar-refractivity contribution in [3.8, 4) is 16.9 Å². The Morgan fingerprint density at radius 3 is 2.47 bits per heavy atom. The second kappa shape index (κ2) is 12.4. The van der Waals surface area contributed by atoms with Crippen molar-refractivity contribution in [2.75, 3.05) is 20.6 Å². The number of rotatable bonds is 11. The molecule has 0 aliphatic carbocycles. The molecule has 38 heavy (non-hydrogen) atoms. The Morgan fingerprint density at radius 1 is 1.03 bits per heavy atom. The van der Waals surface area contributed by atoms with Crippen molar-refractivity contribution >= 4 is 50.3 Å². The van der Waals surface area contributed by atoms with Gasteiger partial charge in [-0.1, -0.05) is 86.9 Å². The number of unbranched alkanes of at least 4 members (excludes halogenated alkanes) is 4. The second-order valence-corrected chi connectivity index (χ2v) is 13.1. The maximum atomic E-state index is 13.3. The van der Waals surface area contributed by atoms with Crippen molar-refractivity contribution in [1.29, 1.82) is 0 Å². The van der Waals surface area contributed by atoms with Crippen LogP contribution in [-0.4, -0.2) is 58.3 Å². The number of benzene rings is 2. The Hall–Kier alpha value is -2.79. The maximum Gasteiger partial charge on any atom is 0.266 e. The number of hydrogen-bond acceptors (Lipinski definition) is 6. The number of nitrogens with zero attached hydrogens (tertiary/aromatic N) is 4. The maximum absolute atomic E-state index is 13.3. The zero-order valence-electron chi connectivity index (χ0n) is 21.8. The minimum absolute atomic E-state index is 0.0992. The van der Waals surface area contributed by atoms with E-state index in [2.05, 4.69) is 6.92 Å². The van der Waals surface area contributed by atoms with Gasteiger partial charge in [0.25, 0.3) is 5.91 Å². The molecule has 0 radical (unpaired) electrons. The van der Waals surface area contributed by atoms with Gasteiger partial charge in [0.05, 0.1) is 15.5 Å². The average Bonchev–Trinajstić information content (AvgIpc) is 3.45. The predicted molar refractivity (Wildman–Crippen MR) is 159 cm³/mol. The van der Waals surface area contributed by atoms with Crippen LogP contribution in [0.2, 0.25) is 0 Å². The molecule has 3 aromatic rings. The average molecular weight is 569 g/mol. The van der Waals surface area contributed by atoms with Crippen LogP contribution in [0.5, 0.6) is 0 Å². The molecule has 7 nitrogen and oxygen atoms in total. The highest BCUT2D eigenvalue weighted by atomic mass is 32.2. The molecule has 2 aromatic carbocycles. The van der Waals surface area contributed by atoms with Crippen molar-refractivity contribution in [2.24, 2.45) is 0 Å². The lowest BCUT2D eigenvalue weighted by Crippen LogP contribution is -2.29. The number of carbonyl (C=O) groups is 1. The number of carbonyl (C=O) groups excluding carboxylic acids is 1. The zero-order valence-corrected chi connectivity index (χ0v) is 24.3. The molecule has 200 valence electrons. The number of aromatic nitrogens is 2. The topological polar surface area (TPSA) is 75.5 Å². The van der Waals surface area contributed by atoms with E-state index in [4.69, 9.17) is 17.3 Å². The van der Waals surface area contributed by atoms with Crippen LogP contribution in [0.4, 0.5) is 0 Å². The molecule has 0 bridgehead atoms. The molecule has 0 spiro atoms. The summed E-state index contributed by atoms with van der Waals surface area (Å²) in [6, 6.07) is 16.4. The number of hydrogen-bond donors (Lipinski definition) is 0. The summed E-state index contributed by atoms with van der Waals surface area (Å²) in [6.07, 6.45) is 9.19. The third-order valence-electron chi connectivity index (χ3n) is 6.29. The van der Waals surface area contributed by atoms with Crippen molar-refractivity contribution in [2.45, 2.75) is 43.9 Å². The van der Waals surface area contributed by atoms with Gasteiger partial charge in [0, 0.05) is 38.0 Å². The standard InChI is InChI=1S/C28H32N4O3S3/c1-4-5-6-7-11-17-31-27(33)25(37-28(31)36)19-22-20-32(23-14-9-8-10-15-23)29-26(22)21-13-12-16-24(18-21)38(34,35)30(2)3/h8-10,12-16,18-20H,4-7,11,17H2,1-3H3. The van der Waals surface area contributed by atoms with Crippen molar-refractivity contribution in [3.05, 3.63) is 71.3 Å². The molecule has 1 aliphatic rings. The van der Waals surface area contributed by atoms with E-state index in [1.54, 1.807) is 27.8 Å². The number of amides is 1. The summed E-state index contributed by atoms with van der Waals surface area (Å²) in [5, 5.41) is 4.80. The fourth-order valence-electron chi connectivity index (χ4n) is 4.15. The third kappa shape index (κ3) is 6.26. The number of sulfonamides is 1. The summed E-state index contributed by atoms with van der Waals surface area (Å²) in [5.74, 6) is -0.0992. The summed E-state index contributed by atoms with van der Waals surface area (Å²) in [6.45, 7) is 2.80. The van der Waals surface area contributed by atoms with E-state index in [0.29, 0.717) is 32.6 Å². The first-order valence-corrected chi connectivity index (χ1v) is 15.3. The molecule has 1 saturated heterocycles. The van der Waals surface area contributed by atoms with E-state index in [9.17, 15) is 13.2 Å². The van der Waals surface area contributed by atoms with Gasteiger partial charge in [-0.25, -0.2) is 17.4 Å². The van der Waals surface area contributed by atoms with Gasteiger partial charge in [-0.3, -0.25) is 9.69 Å². The highest BCUT2D eigenvalue weighted by Crippen LogP contribution is 2.35. The van der Waals surface area contributed by atoms with E-state index in [0.717, 1.165) is 24.9 Å². The van der Waals surface area contributed by atoms with Crippen molar-refractivity contribution in [3.63, 3.8) is 0 Å². The van der Waals surface area contributed by atoms with Crippen LogP contribution in [0.15, 0.2) is 70.6 Å². The Morgan fingerprint density at radius 2 is 1.76 bits per heavy atom. The third-order valence-corrected chi connectivity index (χ3v) is 9.48. The summed E-state index contributed by atoms with van der Waals surface area (Å²) in [5.41, 5.74) is 2.77. The van der Waals surface area contributed by atoms with Crippen LogP contribution in [0, 0.1) is 0 Å². The lowest BCUT2D eigenvalue weighted by atomic mass is 10.1. The van der Waals surface area contributed by atoms with Crippen LogP contribution in [-0.2, 0) is 14.8 Å². The minimum atomic E-state index is -3.62. The molecular weight excluding hydrogens is 537 g/mol. The molecule has 10 heteroatoms. The molecule has 2 heterocycles. The number of para-hydroxylation sites is 1. The molecule has 1 amide bonds. The summed E-state index contributed by atoms with van der Waals surface area (Å²) < 4.78 is 29.1. The van der Waals surface area contributed by atoms with Gasteiger partial charge < -0.3 is 0 Å². The molecular formula is C28H32N4O3S3. The van der Waals surface area contributed by atoms with Gasteiger partial charge in [-0.05, 0) is 36.8 Å². The lowest BCUT2D eigenvalue weighted by molar-refractivity contribution is -0.122. The molecule has 4 rings (SSSR count). The quantitative estimate of drug-likeness (QED) is 0.161.